The minimum Gasteiger partial charge on any atom is -0.490 e. The molecule has 0 bridgehead atoms. The Morgan fingerprint density at radius 2 is 1.92 bits per heavy atom. The van der Waals surface area contributed by atoms with E-state index in [0.29, 0.717) is 10.8 Å². The zero-order valence-electron chi connectivity index (χ0n) is 13.1. The third-order valence-electron chi connectivity index (χ3n) is 2.98. The van der Waals surface area contributed by atoms with E-state index in [9.17, 15) is 9.59 Å². The van der Waals surface area contributed by atoms with E-state index in [1.807, 2.05) is 31.2 Å². The molecule has 7 heteroatoms. The minimum absolute atomic E-state index is 0.0952. The molecule has 1 aromatic carbocycles. The summed E-state index contributed by atoms with van der Waals surface area (Å²) in [6.07, 6.45) is 1.41. The highest BCUT2D eigenvalue weighted by Crippen LogP contribution is 2.11. The van der Waals surface area contributed by atoms with Crippen molar-refractivity contribution in [1.29, 1.82) is 0 Å². The lowest BCUT2D eigenvalue weighted by molar-refractivity contribution is -0.143. The van der Waals surface area contributed by atoms with Crippen LogP contribution in [-0.4, -0.2) is 36.6 Å². The number of carbonyl (C=O) groups excluding carboxylic acids is 2. The normalized spacial score (nSPS) is 10.1. The number of nitrogens with one attached hydrogen (secondary N) is 1. The van der Waals surface area contributed by atoms with Gasteiger partial charge >= 0.3 is 5.97 Å². The molecule has 0 aliphatic carbocycles. The Balaban J connectivity index is 1.64. The molecule has 0 aliphatic rings. The number of nitrogens with zero attached hydrogens (tertiary/aromatic N) is 1. The van der Waals surface area contributed by atoms with E-state index in [-0.39, 0.29) is 25.5 Å². The van der Waals surface area contributed by atoms with E-state index < -0.39 is 11.9 Å². The summed E-state index contributed by atoms with van der Waals surface area (Å²) in [6.45, 7) is 2.06. The summed E-state index contributed by atoms with van der Waals surface area (Å²) < 4.78 is 10.4. The number of carbonyl (C=O) groups is 2. The fourth-order valence-electron chi connectivity index (χ4n) is 1.77. The number of aromatic nitrogens is 1. The lowest BCUT2D eigenvalue weighted by Gasteiger charge is -2.08. The molecule has 0 atom stereocenters. The first-order chi connectivity index (χ1) is 11.5. The summed E-state index contributed by atoms with van der Waals surface area (Å²) in [6, 6.07) is 10.5. The Bertz CT molecular complexity index is 704. The van der Waals surface area contributed by atoms with E-state index in [4.69, 9.17) is 21.1 Å². The van der Waals surface area contributed by atoms with Gasteiger partial charge in [0.05, 0.1) is 0 Å². The van der Waals surface area contributed by atoms with Crippen molar-refractivity contribution in [2.75, 3.05) is 19.8 Å². The Hall–Kier alpha value is -2.60. The van der Waals surface area contributed by atoms with Crippen LogP contribution in [0.2, 0.25) is 5.02 Å². The van der Waals surface area contributed by atoms with Crippen LogP contribution in [0.4, 0.5) is 0 Å². The second-order valence-corrected chi connectivity index (χ2v) is 5.36. The van der Waals surface area contributed by atoms with Crippen LogP contribution in [0.3, 0.4) is 0 Å². The summed E-state index contributed by atoms with van der Waals surface area (Å²) in [4.78, 5) is 27.2. The molecule has 0 saturated heterocycles. The molecule has 0 unspecified atom stereocenters. The van der Waals surface area contributed by atoms with Gasteiger partial charge in [-0.15, -0.1) is 0 Å². The van der Waals surface area contributed by atoms with Crippen molar-refractivity contribution in [3.63, 3.8) is 0 Å². The molecule has 0 spiro atoms. The van der Waals surface area contributed by atoms with Crippen LogP contribution in [-0.2, 0) is 9.53 Å². The van der Waals surface area contributed by atoms with Gasteiger partial charge in [-0.3, -0.25) is 14.6 Å². The molecule has 2 rings (SSSR count). The molecule has 126 valence electrons. The van der Waals surface area contributed by atoms with Gasteiger partial charge in [0.15, 0.2) is 0 Å². The molecule has 1 aromatic heterocycles. The largest absolute Gasteiger partial charge is 0.490 e. The van der Waals surface area contributed by atoms with Crippen molar-refractivity contribution in [3.8, 4) is 5.75 Å². The third kappa shape index (κ3) is 5.89. The topological polar surface area (TPSA) is 77.5 Å². The number of benzene rings is 1. The second-order valence-electron chi connectivity index (χ2n) is 4.92. The van der Waals surface area contributed by atoms with E-state index in [1.165, 1.54) is 12.3 Å². The summed E-state index contributed by atoms with van der Waals surface area (Å²) in [5.41, 5.74) is 1.27. The van der Waals surface area contributed by atoms with Crippen LogP contribution in [0.25, 0.3) is 0 Å². The molecule has 1 N–H and O–H groups in total. The van der Waals surface area contributed by atoms with Gasteiger partial charge in [0, 0.05) is 11.2 Å². The van der Waals surface area contributed by atoms with Gasteiger partial charge in [-0.25, -0.2) is 0 Å². The third-order valence-corrected chi connectivity index (χ3v) is 3.22. The zero-order valence-corrected chi connectivity index (χ0v) is 13.9. The highest BCUT2D eigenvalue weighted by Gasteiger charge is 2.10. The first-order valence-corrected chi connectivity index (χ1v) is 7.67. The van der Waals surface area contributed by atoms with Crippen LogP contribution in [0, 0.1) is 6.92 Å². The Labute approximate surface area is 144 Å². The number of hydrogen-bond acceptors (Lipinski definition) is 5. The van der Waals surface area contributed by atoms with Crippen molar-refractivity contribution in [3.05, 3.63) is 58.9 Å². The second kappa shape index (κ2) is 8.88. The molecule has 0 saturated carbocycles. The monoisotopic (exact) mass is 348 g/mol. The fourth-order valence-corrected chi connectivity index (χ4v) is 1.93. The van der Waals surface area contributed by atoms with Crippen molar-refractivity contribution >= 4 is 23.5 Å². The molecule has 1 heterocycles. The summed E-state index contributed by atoms with van der Waals surface area (Å²) >= 11 is 5.77. The maximum absolute atomic E-state index is 11.8. The minimum atomic E-state index is -0.558. The van der Waals surface area contributed by atoms with Crippen LogP contribution in [0.15, 0.2) is 42.6 Å². The number of amides is 1. The van der Waals surface area contributed by atoms with Gasteiger partial charge in [0.25, 0.3) is 5.91 Å². The molecule has 0 radical (unpaired) electrons. The van der Waals surface area contributed by atoms with Crippen molar-refractivity contribution in [1.82, 2.24) is 10.3 Å². The number of ether oxygens (including phenoxy) is 2. The van der Waals surface area contributed by atoms with Gasteiger partial charge in [-0.1, -0.05) is 29.3 Å². The smallest absolute Gasteiger partial charge is 0.325 e. The van der Waals surface area contributed by atoms with Gasteiger partial charge in [0.2, 0.25) is 0 Å². The van der Waals surface area contributed by atoms with E-state index in [2.05, 4.69) is 10.3 Å². The molecule has 2 aromatic rings. The first kappa shape index (κ1) is 17.7. The highest BCUT2D eigenvalue weighted by molar-refractivity contribution is 6.30. The standard InChI is InChI=1S/C17H17ClN2O4/c1-12-2-4-14(5-3-12)23-8-9-24-16(21)11-20-17(22)15-10-13(18)6-7-19-15/h2-7,10H,8-9,11H2,1H3,(H,20,22). The number of pyridine rings is 1. The van der Waals surface area contributed by atoms with Crippen molar-refractivity contribution in [2.45, 2.75) is 6.92 Å². The predicted molar refractivity (Wildman–Crippen MR) is 89.2 cm³/mol. The predicted octanol–water partition coefficient (Wildman–Crippen LogP) is 2.40. The van der Waals surface area contributed by atoms with E-state index in [0.717, 1.165) is 5.56 Å². The first-order valence-electron chi connectivity index (χ1n) is 7.29. The maximum atomic E-state index is 11.8. The molecule has 0 fully saturated rings. The quantitative estimate of drug-likeness (QED) is 0.614. The Kier molecular flexibility index (Phi) is 6.57. The lowest BCUT2D eigenvalue weighted by atomic mass is 10.2. The number of hydrogen-bond donors (Lipinski definition) is 1. The molecule has 6 nitrogen and oxygen atoms in total. The molecular formula is C17H17ClN2O4. The van der Waals surface area contributed by atoms with Crippen LogP contribution in [0.1, 0.15) is 16.1 Å². The van der Waals surface area contributed by atoms with Gasteiger partial charge < -0.3 is 14.8 Å². The fraction of sp³-hybridized carbons (Fsp3) is 0.235. The number of halogens is 1. The SMILES string of the molecule is Cc1ccc(OCCOC(=O)CNC(=O)c2cc(Cl)ccn2)cc1. The molecular weight excluding hydrogens is 332 g/mol. The number of rotatable bonds is 7. The molecule has 1 amide bonds. The van der Waals surface area contributed by atoms with Gasteiger partial charge in [0.1, 0.15) is 31.2 Å². The average Bonchev–Trinajstić information content (AvgIpc) is 2.58. The van der Waals surface area contributed by atoms with Crippen molar-refractivity contribution < 1.29 is 19.1 Å². The summed E-state index contributed by atoms with van der Waals surface area (Å²) in [5, 5.41) is 2.81. The lowest BCUT2D eigenvalue weighted by Crippen LogP contribution is -2.31. The molecule has 0 aliphatic heterocycles. The maximum Gasteiger partial charge on any atom is 0.325 e. The molecule has 24 heavy (non-hydrogen) atoms. The summed E-state index contributed by atoms with van der Waals surface area (Å²) in [5.74, 6) is -0.347. The highest BCUT2D eigenvalue weighted by atomic mass is 35.5. The number of aryl methyl sites for hydroxylation is 1. The zero-order chi connectivity index (χ0) is 17.4. The average molecular weight is 349 g/mol. The van der Waals surface area contributed by atoms with Crippen molar-refractivity contribution in [2.24, 2.45) is 0 Å². The van der Waals surface area contributed by atoms with Gasteiger partial charge in [-0.2, -0.15) is 0 Å². The Morgan fingerprint density at radius 1 is 1.17 bits per heavy atom. The number of esters is 1. The Morgan fingerprint density at radius 3 is 2.62 bits per heavy atom. The van der Waals surface area contributed by atoms with Crippen LogP contribution in [0.5, 0.6) is 5.75 Å². The van der Waals surface area contributed by atoms with Crippen LogP contribution >= 0.6 is 11.6 Å². The van der Waals surface area contributed by atoms with E-state index in [1.54, 1.807) is 6.07 Å². The van der Waals surface area contributed by atoms with E-state index >= 15 is 0 Å². The summed E-state index contributed by atoms with van der Waals surface area (Å²) in [7, 11) is 0. The van der Waals surface area contributed by atoms with Crippen LogP contribution < -0.4 is 10.1 Å². The van der Waals surface area contributed by atoms with Gasteiger partial charge in [-0.05, 0) is 31.2 Å².